The smallest absolute Gasteiger partial charge is 0.451 e. The Hall–Kier alpha value is -2.30. The second kappa shape index (κ2) is 8.15. The first-order valence-electron chi connectivity index (χ1n) is 7.92. The lowest BCUT2D eigenvalue weighted by atomic mass is 10.2. The van der Waals surface area contributed by atoms with Gasteiger partial charge in [0.05, 0.1) is 19.3 Å². The number of carbonyl (C=O) groups is 2. The second-order valence-electron chi connectivity index (χ2n) is 5.84. The van der Waals surface area contributed by atoms with Crippen molar-refractivity contribution in [2.45, 2.75) is 38.1 Å². The summed E-state index contributed by atoms with van der Waals surface area (Å²) >= 11 is 0.889. The molecule has 0 aromatic carbocycles. The number of Topliss-reactive ketones (excluding diaryl/α,β-unsaturated/α-hetero) is 1. The normalized spacial score (nSPS) is 11.7. The molecule has 0 aliphatic carbocycles. The van der Waals surface area contributed by atoms with E-state index in [2.05, 4.69) is 14.9 Å². The van der Waals surface area contributed by atoms with Crippen molar-refractivity contribution in [1.82, 2.24) is 19.3 Å². The van der Waals surface area contributed by atoms with Crippen molar-refractivity contribution in [2.75, 3.05) is 12.9 Å². The van der Waals surface area contributed by atoms with Crippen LogP contribution in [0.5, 0.6) is 0 Å². The second-order valence-corrected chi connectivity index (χ2v) is 6.78. The Kier molecular flexibility index (Phi) is 6.34. The molecule has 7 nitrogen and oxygen atoms in total. The Morgan fingerprint density at radius 3 is 2.48 bits per heavy atom. The van der Waals surface area contributed by atoms with Gasteiger partial charge in [0.25, 0.3) is 0 Å². The molecule has 27 heavy (non-hydrogen) atoms. The highest BCUT2D eigenvalue weighted by Gasteiger charge is 2.37. The summed E-state index contributed by atoms with van der Waals surface area (Å²) in [5.74, 6) is -1.79. The van der Waals surface area contributed by atoms with Crippen LogP contribution in [0.4, 0.5) is 13.2 Å². The van der Waals surface area contributed by atoms with Crippen molar-refractivity contribution < 1.29 is 27.5 Å². The van der Waals surface area contributed by atoms with E-state index in [0.29, 0.717) is 17.8 Å². The van der Waals surface area contributed by atoms with Crippen molar-refractivity contribution >= 4 is 23.5 Å². The fourth-order valence-corrected chi connectivity index (χ4v) is 3.42. The van der Waals surface area contributed by atoms with Gasteiger partial charge in [0.1, 0.15) is 0 Å². The molecule has 0 fully saturated rings. The maximum Gasteiger partial charge on any atom is 0.451 e. The minimum atomic E-state index is -4.60. The molecule has 0 aliphatic rings. The number of rotatable bonds is 7. The third kappa shape index (κ3) is 4.71. The predicted molar refractivity (Wildman–Crippen MR) is 91.6 cm³/mol. The van der Waals surface area contributed by atoms with E-state index in [0.717, 1.165) is 22.0 Å². The number of ketones is 1. The molecule has 0 aliphatic heterocycles. The van der Waals surface area contributed by atoms with Gasteiger partial charge in [0.15, 0.2) is 10.9 Å². The van der Waals surface area contributed by atoms with Crippen LogP contribution >= 0.6 is 11.8 Å². The fraction of sp³-hybridized carbons (Fsp3) is 0.500. The third-order valence-corrected chi connectivity index (χ3v) is 5.08. The van der Waals surface area contributed by atoms with Gasteiger partial charge in [-0.1, -0.05) is 11.8 Å². The van der Waals surface area contributed by atoms with Crippen molar-refractivity contribution in [2.24, 2.45) is 7.05 Å². The number of methoxy groups -OCH3 is 1. The molecule has 0 N–H and O–H groups in total. The number of ether oxygens (including phenoxy) is 1. The van der Waals surface area contributed by atoms with Gasteiger partial charge >= 0.3 is 12.1 Å². The van der Waals surface area contributed by atoms with Crippen LogP contribution in [0, 0.1) is 13.8 Å². The van der Waals surface area contributed by atoms with E-state index < -0.39 is 12.0 Å². The van der Waals surface area contributed by atoms with Crippen molar-refractivity contribution in [3.05, 3.63) is 28.8 Å². The number of thioether (sulfide) groups is 1. The lowest BCUT2D eigenvalue weighted by Crippen LogP contribution is -2.13. The summed E-state index contributed by atoms with van der Waals surface area (Å²) in [4.78, 5) is 23.8. The van der Waals surface area contributed by atoms with Crippen LogP contribution in [0.15, 0.2) is 11.2 Å². The number of carbonyl (C=O) groups excluding carboxylic acids is 2. The van der Waals surface area contributed by atoms with E-state index in [1.54, 1.807) is 13.0 Å². The number of aromatic nitrogens is 4. The number of aryl methyl sites for hydroxylation is 1. The van der Waals surface area contributed by atoms with E-state index in [1.165, 1.54) is 14.2 Å². The van der Waals surface area contributed by atoms with Crippen LogP contribution in [0.3, 0.4) is 0 Å². The third-order valence-electron chi connectivity index (χ3n) is 4.06. The molecule has 2 rings (SSSR count). The van der Waals surface area contributed by atoms with Gasteiger partial charge in [-0.25, -0.2) is 0 Å². The summed E-state index contributed by atoms with van der Waals surface area (Å²) in [5, 5.41) is 6.64. The number of hydrogen-bond donors (Lipinski definition) is 0. The molecule has 2 heterocycles. The molecular formula is C16H19F3N4O3S. The Balaban J connectivity index is 2.09. The van der Waals surface area contributed by atoms with E-state index >= 15 is 0 Å². The van der Waals surface area contributed by atoms with Gasteiger partial charge in [-0.15, -0.1) is 10.2 Å². The SMILES string of the molecule is COC(=O)CCn1c(C)cc(C(=O)CSc2nnc(C(F)(F)F)n2C)c1C. The molecule has 0 unspecified atom stereocenters. The summed E-state index contributed by atoms with van der Waals surface area (Å²) in [5.41, 5.74) is 1.96. The summed E-state index contributed by atoms with van der Waals surface area (Å²) in [6.07, 6.45) is -4.43. The summed E-state index contributed by atoms with van der Waals surface area (Å²) in [6.45, 7) is 3.95. The molecule has 0 spiro atoms. The van der Waals surface area contributed by atoms with Gasteiger partial charge in [0, 0.05) is 30.5 Å². The van der Waals surface area contributed by atoms with Gasteiger partial charge in [-0.3, -0.25) is 9.59 Å². The van der Waals surface area contributed by atoms with Crippen LogP contribution in [0.25, 0.3) is 0 Å². The maximum absolute atomic E-state index is 12.7. The average Bonchev–Trinajstić information content (AvgIpc) is 3.10. The van der Waals surface area contributed by atoms with Crippen LogP contribution in [0.1, 0.15) is 34.0 Å². The van der Waals surface area contributed by atoms with Crippen molar-refractivity contribution in [3.8, 4) is 0 Å². The molecule has 0 atom stereocenters. The standard InChI is InChI=1S/C16H19F3N4O3S/c1-9-7-11(10(2)23(9)6-5-13(25)26-4)12(24)8-27-15-21-20-14(22(15)3)16(17,18)19/h7H,5-6,8H2,1-4H3. The zero-order chi connectivity index (χ0) is 20.4. The van der Waals surface area contributed by atoms with Gasteiger partial charge in [-0.05, 0) is 19.9 Å². The van der Waals surface area contributed by atoms with Gasteiger partial charge in [0.2, 0.25) is 5.82 Å². The summed E-state index contributed by atoms with van der Waals surface area (Å²) in [7, 11) is 2.51. The molecule has 0 radical (unpaired) electrons. The molecule has 2 aromatic rings. The number of halogens is 3. The Morgan fingerprint density at radius 1 is 1.26 bits per heavy atom. The molecule has 11 heteroatoms. The highest BCUT2D eigenvalue weighted by Crippen LogP contribution is 2.30. The van der Waals surface area contributed by atoms with E-state index in [1.807, 2.05) is 11.5 Å². The van der Waals surface area contributed by atoms with E-state index in [-0.39, 0.29) is 29.1 Å². The maximum atomic E-state index is 12.7. The van der Waals surface area contributed by atoms with Crippen LogP contribution in [-0.2, 0) is 29.3 Å². The topological polar surface area (TPSA) is 79.0 Å². The number of hydrogen-bond acceptors (Lipinski definition) is 6. The minimum Gasteiger partial charge on any atom is -0.469 e. The van der Waals surface area contributed by atoms with Crippen LogP contribution in [-0.4, -0.2) is 43.9 Å². The highest BCUT2D eigenvalue weighted by atomic mass is 32.2. The molecule has 148 valence electrons. The molecule has 2 aromatic heterocycles. The van der Waals surface area contributed by atoms with E-state index in [4.69, 9.17) is 0 Å². The first-order chi connectivity index (χ1) is 12.6. The number of esters is 1. The molecule has 0 amide bonds. The zero-order valence-corrected chi connectivity index (χ0v) is 16.1. The first kappa shape index (κ1) is 21.0. The minimum absolute atomic E-state index is 0.00942. The largest absolute Gasteiger partial charge is 0.469 e. The summed E-state index contributed by atoms with van der Waals surface area (Å²) < 4.78 is 45.5. The molecule has 0 bridgehead atoms. The van der Waals surface area contributed by atoms with Gasteiger partial charge in [-0.2, -0.15) is 13.2 Å². The highest BCUT2D eigenvalue weighted by molar-refractivity contribution is 7.99. The monoisotopic (exact) mass is 404 g/mol. The Morgan fingerprint density at radius 2 is 1.93 bits per heavy atom. The lowest BCUT2D eigenvalue weighted by Gasteiger charge is -2.09. The summed E-state index contributed by atoms with van der Waals surface area (Å²) in [6, 6.07) is 1.70. The predicted octanol–water partition coefficient (Wildman–Crippen LogP) is 2.79. The molecule has 0 saturated heterocycles. The molecule has 0 saturated carbocycles. The van der Waals surface area contributed by atoms with Crippen LogP contribution in [0.2, 0.25) is 0 Å². The quantitative estimate of drug-likeness (QED) is 0.401. The fourth-order valence-electron chi connectivity index (χ4n) is 2.63. The number of alkyl halides is 3. The van der Waals surface area contributed by atoms with Crippen molar-refractivity contribution in [3.63, 3.8) is 0 Å². The Labute approximate surface area is 157 Å². The van der Waals surface area contributed by atoms with Crippen LogP contribution < -0.4 is 0 Å². The Bertz CT molecular complexity index is 858. The zero-order valence-electron chi connectivity index (χ0n) is 15.3. The van der Waals surface area contributed by atoms with Gasteiger partial charge < -0.3 is 13.9 Å². The molecular weight excluding hydrogens is 385 g/mol. The first-order valence-corrected chi connectivity index (χ1v) is 8.91. The van der Waals surface area contributed by atoms with E-state index in [9.17, 15) is 22.8 Å². The lowest BCUT2D eigenvalue weighted by molar-refractivity contribution is -0.147. The average molecular weight is 404 g/mol. The van der Waals surface area contributed by atoms with Crippen molar-refractivity contribution in [1.29, 1.82) is 0 Å². The number of nitrogens with zero attached hydrogens (tertiary/aromatic N) is 4.